The van der Waals surface area contributed by atoms with E-state index in [4.69, 9.17) is 4.74 Å². The lowest BCUT2D eigenvalue weighted by molar-refractivity contribution is 0.190. The van der Waals surface area contributed by atoms with Gasteiger partial charge in [0.1, 0.15) is 5.75 Å². The molecule has 2 atom stereocenters. The van der Waals surface area contributed by atoms with E-state index < -0.39 is 0 Å². The second kappa shape index (κ2) is 6.10. The Morgan fingerprint density at radius 1 is 1.44 bits per heavy atom. The van der Waals surface area contributed by atoms with Crippen LogP contribution in [0.4, 0.5) is 5.69 Å². The molecule has 1 heterocycles. The highest BCUT2D eigenvalue weighted by Gasteiger charge is 2.22. The summed E-state index contributed by atoms with van der Waals surface area (Å²) in [5, 5.41) is 3.62. The van der Waals surface area contributed by atoms with Crippen molar-refractivity contribution in [1.29, 1.82) is 0 Å². The number of hydrogen-bond acceptors (Lipinski definition) is 3. The minimum Gasteiger partial charge on any atom is -0.494 e. The molecule has 0 aliphatic carbocycles. The predicted octanol–water partition coefficient (Wildman–Crippen LogP) is 2.98. The SMILES string of the molecule is CCOc1cccc(NC2CCN(C)C(C)C2)c1. The maximum atomic E-state index is 5.53. The number of anilines is 1. The quantitative estimate of drug-likeness (QED) is 0.886. The van der Waals surface area contributed by atoms with E-state index in [1.165, 1.54) is 25.1 Å². The first kappa shape index (κ1) is 13.2. The maximum absolute atomic E-state index is 5.53. The molecule has 3 heteroatoms. The zero-order valence-electron chi connectivity index (χ0n) is 11.6. The van der Waals surface area contributed by atoms with Crippen LogP contribution in [0.1, 0.15) is 26.7 Å². The minimum atomic E-state index is 0.577. The van der Waals surface area contributed by atoms with E-state index >= 15 is 0 Å². The van der Waals surface area contributed by atoms with Crippen molar-refractivity contribution < 1.29 is 4.74 Å². The second-order valence-corrected chi connectivity index (χ2v) is 5.16. The van der Waals surface area contributed by atoms with E-state index in [-0.39, 0.29) is 0 Å². The molecule has 3 nitrogen and oxygen atoms in total. The number of ether oxygens (including phenoxy) is 1. The summed E-state index contributed by atoms with van der Waals surface area (Å²) in [5.74, 6) is 0.948. The lowest BCUT2D eigenvalue weighted by Gasteiger charge is -2.35. The van der Waals surface area contributed by atoms with Crippen molar-refractivity contribution in [3.8, 4) is 5.75 Å². The van der Waals surface area contributed by atoms with Gasteiger partial charge in [0, 0.05) is 30.4 Å². The average molecular weight is 248 g/mol. The molecule has 0 radical (unpaired) electrons. The predicted molar refractivity (Wildman–Crippen MR) is 76.3 cm³/mol. The van der Waals surface area contributed by atoms with Gasteiger partial charge in [-0.3, -0.25) is 0 Å². The van der Waals surface area contributed by atoms with Crippen molar-refractivity contribution in [1.82, 2.24) is 4.90 Å². The third kappa shape index (κ3) is 3.39. The molecule has 2 rings (SSSR count). The fourth-order valence-corrected chi connectivity index (χ4v) is 2.50. The van der Waals surface area contributed by atoms with Crippen molar-refractivity contribution in [3.05, 3.63) is 24.3 Å². The van der Waals surface area contributed by atoms with Gasteiger partial charge >= 0.3 is 0 Å². The Morgan fingerprint density at radius 3 is 3.00 bits per heavy atom. The Bertz CT molecular complexity index is 381. The number of benzene rings is 1. The van der Waals surface area contributed by atoms with Crippen LogP contribution in [0.15, 0.2) is 24.3 Å². The van der Waals surface area contributed by atoms with Gasteiger partial charge in [-0.05, 0) is 45.9 Å². The van der Waals surface area contributed by atoms with Crippen molar-refractivity contribution in [3.63, 3.8) is 0 Å². The van der Waals surface area contributed by atoms with E-state index in [9.17, 15) is 0 Å². The Balaban J connectivity index is 1.94. The van der Waals surface area contributed by atoms with E-state index in [0.29, 0.717) is 18.7 Å². The molecular formula is C15H24N2O. The van der Waals surface area contributed by atoms with Gasteiger partial charge in [-0.2, -0.15) is 0 Å². The molecule has 0 spiro atoms. The smallest absolute Gasteiger partial charge is 0.121 e. The standard InChI is InChI=1S/C15H24N2O/c1-4-18-15-7-5-6-13(11-15)16-14-8-9-17(3)12(2)10-14/h5-7,11-12,14,16H,4,8-10H2,1-3H3. The van der Waals surface area contributed by atoms with Crippen LogP contribution in [0.5, 0.6) is 5.75 Å². The van der Waals surface area contributed by atoms with Crippen molar-refractivity contribution >= 4 is 5.69 Å². The number of rotatable bonds is 4. The van der Waals surface area contributed by atoms with E-state index in [1.54, 1.807) is 0 Å². The van der Waals surface area contributed by atoms with Gasteiger partial charge in [-0.15, -0.1) is 0 Å². The lowest BCUT2D eigenvalue weighted by Crippen LogP contribution is -2.42. The molecule has 1 N–H and O–H groups in total. The molecule has 1 aromatic rings. The van der Waals surface area contributed by atoms with E-state index in [0.717, 1.165) is 5.75 Å². The zero-order valence-corrected chi connectivity index (χ0v) is 11.6. The van der Waals surface area contributed by atoms with Gasteiger partial charge in [0.05, 0.1) is 6.61 Å². The summed E-state index contributed by atoms with van der Waals surface area (Å²) in [4.78, 5) is 2.43. The Kier molecular flexibility index (Phi) is 4.48. The first-order valence-electron chi connectivity index (χ1n) is 6.88. The van der Waals surface area contributed by atoms with Gasteiger partial charge in [-0.25, -0.2) is 0 Å². The third-order valence-corrected chi connectivity index (χ3v) is 3.72. The largest absolute Gasteiger partial charge is 0.494 e. The summed E-state index contributed by atoms with van der Waals surface area (Å²) in [6, 6.07) is 9.50. The Labute approximate surface area is 110 Å². The molecule has 0 bridgehead atoms. The van der Waals surface area contributed by atoms with Gasteiger partial charge < -0.3 is 15.0 Å². The van der Waals surface area contributed by atoms with Crippen LogP contribution in [0.3, 0.4) is 0 Å². The second-order valence-electron chi connectivity index (χ2n) is 5.16. The summed E-state index contributed by atoms with van der Waals surface area (Å²) in [7, 11) is 2.20. The molecular weight excluding hydrogens is 224 g/mol. The normalized spacial score (nSPS) is 24.8. The summed E-state index contributed by atoms with van der Waals surface area (Å²) < 4.78 is 5.53. The lowest BCUT2D eigenvalue weighted by atomic mass is 9.98. The molecule has 100 valence electrons. The Morgan fingerprint density at radius 2 is 2.28 bits per heavy atom. The van der Waals surface area contributed by atoms with Crippen LogP contribution in [0.25, 0.3) is 0 Å². The molecule has 1 aliphatic heterocycles. The molecule has 0 aromatic heterocycles. The molecule has 0 saturated carbocycles. The monoisotopic (exact) mass is 248 g/mol. The Hall–Kier alpha value is -1.22. The first-order chi connectivity index (χ1) is 8.69. The van der Waals surface area contributed by atoms with Crippen LogP contribution >= 0.6 is 0 Å². The first-order valence-corrected chi connectivity index (χ1v) is 6.88. The van der Waals surface area contributed by atoms with Crippen LogP contribution in [-0.2, 0) is 0 Å². The molecule has 1 saturated heterocycles. The van der Waals surface area contributed by atoms with E-state index in [2.05, 4.69) is 36.3 Å². The molecule has 0 amide bonds. The summed E-state index contributed by atoms with van der Waals surface area (Å²) in [6.07, 6.45) is 2.41. The highest BCUT2D eigenvalue weighted by atomic mass is 16.5. The molecule has 1 fully saturated rings. The minimum absolute atomic E-state index is 0.577. The van der Waals surface area contributed by atoms with Crippen molar-refractivity contribution in [2.75, 3.05) is 25.5 Å². The van der Waals surface area contributed by atoms with Crippen molar-refractivity contribution in [2.24, 2.45) is 0 Å². The van der Waals surface area contributed by atoms with Crippen LogP contribution in [0.2, 0.25) is 0 Å². The number of hydrogen-bond donors (Lipinski definition) is 1. The maximum Gasteiger partial charge on any atom is 0.121 e. The summed E-state index contributed by atoms with van der Waals surface area (Å²) in [5.41, 5.74) is 1.17. The zero-order chi connectivity index (χ0) is 13.0. The fourth-order valence-electron chi connectivity index (χ4n) is 2.50. The van der Waals surface area contributed by atoms with Gasteiger partial charge in [0.25, 0.3) is 0 Å². The molecule has 18 heavy (non-hydrogen) atoms. The summed E-state index contributed by atoms with van der Waals surface area (Å²) in [6.45, 7) is 6.20. The summed E-state index contributed by atoms with van der Waals surface area (Å²) >= 11 is 0. The van der Waals surface area contributed by atoms with Gasteiger partial charge in [0.15, 0.2) is 0 Å². The van der Waals surface area contributed by atoms with Gasteiger partial charge in [0.2, 0.25) is 0 Å². The van der Waals surface area contributed by atoms with Crippen LogP contribution < -0.4 is 10.1 Å². The third-order valence-electron chi connectivity index (χ3n) is 3.72. The number of piperidine rings is 1. The van der Waals surface area contributed by atoms with Crippen LogP contribution in [0, 0.1) is 0 Å². The van der Waals surface area contributed by atoms with Crippen LogP contribution in [-0.4, -0.2) is 37.2 Å². The number of nitrogens with one attached hydrogen (secondary N) is 1. The van der Waals surface area contributed by atoms with Gasteiger partial charge in [-0.1, -0.05) is 6.07 Å². The average Bonchev–Trinajstić information content (AvgIpc) is 2.35. The van der Waals surface area contributed by atoms with E-state index in [1.807, 2.05) is 19.1 Å². The highest BCUT2D eigenvalue weighted by molar-refractivity contribution is 5.48. The number of likely N-dealkylation sites (tertiary alicyclic amines) is 1. The molecule has 1 aliphatic rings. The van der Waals surface area contributed by atoms with Crippen molar-refractivity contribution in [2.45, 2.75) is 38.8 Å². The topological polar surface area (TPSA) is 24.5 Å². The molecule has 2 unspecified atom stereocenters. The number of nitrogens with zero attached hydrogens (tertiary/aromatic N) is 1. The molecule has 1 aromatic carbocycles. The fraction of sp³-hybridized carbons (Fsp3) is 0.600. The highest BCUT2D eigenvalue weighted by Crippen LogP contribution is 2.22.